The maximum absolute atomic E-state index is 13.4. The molecule has 2 fully saturated rings. The van der Waals surface area contributed by atoms with Crippen molar-refractivity contribution >= 4 is 7.85 Å². The molecular weight excluding hydrogens is 154 g/mol. The maximum atomic E-state index is 13.4. The van der Waals surface area contributed by atoms with Gasteiger partial charge in [0, 0.05) is 18.3 Å². The van der Waals surface area contributed by atoms with Crippen LogP contribution in [0, 0.1) is 11.8 Å². The molecule has 0 aromatic heterocycles. The summed E-state index contributed by atoms with van der Waals surface area (Å²) >= 11 is 0. The summed E-state index contributed by atoms with van der Waals surface area (Å²) in [7, 11) is 5.70. The second kappa shape index (κ2) is 2.47. The Kier molecular flexibility index (Phi) is 1.76. The molecule has 1 aliphatic carbocycles. The minimum absolute atomic E-state index is 0.0649. The molecule has 2 aliphatic rings. The molecule has 0 aromatic rings. The van der Waals surface area contributed by atoms with Crippen molar-refractivity contribution in [2.45, 2.75) is 44.5 Å². The summed E-state index contributed by atoms with van der Waals surface area (Å²) in [6, 6.07) is -0.372. The van der Waals surface area contributed by atoms with Crippen molar-refractivity contribution in [2.24, 2.45) is 11.8 Å². The predicted molar refractivity (Wildman–Crippen MR) is 45.8 cm³/mol. The highest BCUT2D eigenvalue weighted by molar-refractivity contribution is 6.11. The van der Waals surface area contributed by atoms with Crippen LogP contribution >= 0.6 is 0 Å². The van der Waals surface area contributed by atoms with E-state index in [1.807, 2.05) is 6.92 Å². The van der Waals surface area contributed by atoms with Gasteiger partial charge in [-0.05, 0) is 12.3 Å². The normalized spacial score (nSPS) is 57.9. The van der Waals surface area contributed by atoms with Crippen LogP contribution in [-0.2, 0) is 4.74 Å². The van der Waals surface area contributed by atoms with Gasteiger partial charge in [-0.1, -0.05) is 13.8 Å². The molecule has 66 valence electrons. The Morgan fingerprint density at radius 2 is 2.33 bits per heavy atom. The summed E-state index contributed by atoms with van der Waals surface area (Å²) < 4.78 is 19.0. The fraction of sp³-hybridized carbons (Fsp3) is 1.00. The lowest BCUT2D eigenvalue weighted by molar-refractivity contribution is -0.0671. The average Bonchev–Trinajstić information content (AvgIpc) is 2.37. The van der Waals surface area contributed by atoms with E-state index < -0.39 is 6.17 Å². The van der Waals surface area contributed by atoms with Crippen LogP contribution in [0.4, 0.5) is 4.39 Å². The first-order chi connectivity index (χ1) is 5.60. The van der Waals surface area contributed by atoms with Crippen LogP contribution in [0.2, 0.25) is 0 Å². The van der Waals surface area contributed by atoms with Gasteiger partial charge in [0.2, 0.25) is 0 Å². The zero-order chi connectivity index (χ0) is 8.93. The molecule has 1 nitrogen and oxygen atoms in total. The van der Waals surface area contributed by atoms with Crippen molar-refractivity contribution in [3.05, 3.63) is 0 Å². The number of hydrogen-bond donors (Lipinski definition) is 0. The lowest BCUT2D eigenvalue weighted by atomic mass is 9.81. The van der Waals surface area contributed by atoms with Crippen LogP contribution in [0.15, 0.2) is 0 Å². The first-order valence-electron chi connectivity index (χ1n) is 4.68. The minimum atomic E-state index is -0.747. The molecule has 0 N–H and O–H groups in total. The minimum Gasteiger partial charge on any atom is -0.381 e. The van der Waals surface area contributed by atoms with E-state index in [1.54, 1.807) is 0 Å². The lowest BCUT2D eigenvalue weighted by Crippen LogP contribution is -2.36. The zero-order valence-electron chi connectivity index (χ0n) is 7.59. The number of halogens is 1. The zero-order valence-corrected chi connectivity index (χ0v) is 7.59. The van der Waals surface area contributed by atoms with Crippen molar-refractivity contribution in [1.29, 1.82) is 0 Å². The number of ether oxygens (including phenoxy) is 1. The highest BCUT2D eigenvalue weighted by Crippen LogP contribution is 2.54. The quantitative estimate of drug-likeness (QED) is 0.541. The highest BCUT2D eigenvalue weighted by Gasteiger charge is 2.59. The highest BCUT2D eigenvalue weighted by atomic mass is 19.1. The van der Waals surface area contributed by atoms with E-state index in [9.17, 15) is 4.39 Å². The molecule has 2 rings (SSSR count). The predicted octanol–water partition coefficient (Wildman–Crippen LogP) is 1.65. The van der Waals surface area contributed by atoms with Gasteiger partial charge in [0.05, 0.1) is 5.60 Å². The van der Waals surface area contributed by atoms with Crippen LogP contribution in [0.3, 0.4) is 0 Å². The van der Waals surface area contributed by atoms with Gasteiger partial charge in [-0.2, -0.15) is 0 Å². The largest absolute Gasteiger partial charge is 0.381 e. The number of fused-ring (bicyclic) bond motifs is 2. The number of rotatable bonds is 1. The molecule has 1 saturated carbocycles. The molecule has 2 radical (unpaired) electrons. The molecule has 0 aromatic carbocycles. The van der Waals surface area contributed by atoms with Gasteiger partial charge in [0.1, 0.15) is 14.0 Å². The van der Waals surface area contributed by atoms with Crippen LogP contribution in [0.25, 0.3) is 0 Å². The van der Waals surface area contributed by atoms with Crippen LogP contribution in [-0.4, -0.2) is 25.6 Å². The van der Waals surface area contributed by atoms with Crippen LogP contribution < -0.4 is 0 Å². The third-order valence-corrected chi connectivity index (χ3v) is 3.71. The average molecular weight is 168 g/mol. The summed E-state index contributed by atoms with van der Waals surface area (Å²) in [5.74, 6) is 0.220. The summed E-state index contributed by atoms with van der Waals surface area (Å²) in [5.41, 5.74) is -0.247. The van der Waals surface area contributed by atoms with Crippen molar-refractivity contribution in [2.75, 3.05) is 0 Å². The Bertz CT molecular complexity index is 185. The Balaban J connectivity index is 2.28. The molecule has 1 heterocycles. The smallest absolute Gasteiger partial charge is 0.109 e. The second-order valence-corrected chi connectivity index (χ2v) is 4.09. The van der Waals surface area contributed by atoms with Gasteiger partial charge in [0.15, 0.2) is 0 Å². The maximum Gasteiger partial charge on any atom is 0.109 e. The molecule has 12 heavy (non-hydrogen) atoms. The third-order valence-electron chi connectivity index (χ3n) is 3.71. The van der Waals surface area contributed by atoms with Gasteiger partial charge in [-0.3, -0.25) is 0 Å². The van der Waals surface area contributed by atoms with Crippen LogP contribution in [0.5, 0.6) is 0 Å². The Hall–Kier alpha value is -0.0451. The van der Waals surface area contributed by atoms with Gasteiger partial charge in [0.25, 0.3) is 0 Å². The van der Waals surface area contributed by atoms with Crippen molar-refractivity contribution < 1.29 is 9.13 Å². The van der Waals surface area contributed by atoms with Gasteiger partial charge < -0.3 is 4.74 Å². The fourth-order valence-corrected chi connectivity index (χ4v) is 2.86. The van der Waals surface area contributed by atoms with Crippen molar-refractivity contribution in [3.8, 4) is 0 Å². The topological polar surface area (TPSA) is 9.23 Å². The van der Waals surface area contributed by atoms with Gasteiger partial charge in [-0.15, -0.1) is 0 Å². The standard InChI is InChI=1S/C9H14BFO/c1-3-9-4-6(11)7(5(9)2)8(10)12-9/h5-8H,3-4H2,1-2H3/t5-,6+,7?,8?,9+/m1/s1. The fourth-order valence-electron chi connectivity index (χ4n) is 2.86. The van der Waals surface area contributed by atoms with E-state index in [1.165, 1.54) is 0 Å². The van der Waals surface area contributed by atoms with Gasteiger partial charge >= 0.3 is 0 Å². The van der Waals surface area contributed by atoms with Crippen LogP contribution in [0.1, 0.15) is 26.7 Å². The molecule has 0 amide bonds. The van der Waals surface area contributed by atoms with E-state index >= 15 is 0 Å². The SMILES string of the molecule is [B]C1O[C@@]2(CC)C[C@H](F)C1[C@H]2C. The van der Waals surface area contributed by atoms with E-state index in [0.717, 1.165) is 6.42 Å². The van der Waals surface area contributed by atoms with Crippen molar-refractivity contribution in [3.63, 3.8) is 0 Å². The Labute approximate surface area is 74.1 Å². The monoisotopic (exact) mass is 168 g/mol. The molecule has 0 spiro atoms. The van der Waals surface area contributed by atoms with E-state index in [-0.39, 0.29) is 23.4 Å². The van der Waals surface area contributed by atoms with E-state index in [4.69, 9.17) is 12.6 Å². The summed E-state index contributed by atoms with van der Waals surface area (Å²) in [6.45, 7) is 4.10. The first kappa shape index (κ1) is 8.55. The second-order valence-electron chi connectivity index (χ2n) is 4.09. The third kappa shape index (κ3) is 0.833. The molecule has 3 heteroatoms. The Morgan fingerprint density at radius 3 is 2.67 bits per heavy atom. The summed E-state index contributed by atoms with van der Waals surface area (Å²) in [5, 5.41) is 0. The molecule has 1 saturated heterocycles. The van der Waals surface area contributed by atoms with E-state index in [2.05, 4.69) is 6.92 Å². The molecule has 1 aliphatic heterocycles. The number of alkyl halides is 1. The Morgan fingerprint density at radius 1 is 1.67 bits per heavy atom. The van der Waals surface area contributed by atoms with Gasteiger partial charge in [-0.25, -0.2) is 4.39 Å². The first-order valence-corrected chi connectivity index (χ1v) is 4.68. The summed E-state index contributed by atoms with van der Waals surface area (Å²) in [4.78, 5) is 0. The molecular formula is C9H14BFO. The summed E-state index contributed by atoms with van der Waals surface area (Å²) in [6.07, 6.45) is 0.672. The van der Waals surface area contributed by atoms with E-state index in [0.29, 0.717) is 6.42 Å². The molecule has 2 unspecified atom stereocenters. The number of hydrogen-bond acceptors (Lipinski definition) is 1. The van der Waals surface area contributed by atoms with Crippen molar-refractivity contribution in [1.82, 2.24) is 0 Å². The molecule has 5 atom stereocenters. The molecule has 2 bridgehead atoms. The lowest BCUT2D eigenvalue weighted by Gasteiger charge is -2.31.